The number of anilines is 1. The van der Waals surface area contributed by atoms with E-state index >= 15 is 0 Å². The van der Waals surface area contributed by atoms with Gasteiger partial charge < -0.3 is 4.90 Å². The van der Waals surface area contributed by atoms with E-state index in [1.165, 1.54) is 13.5 Å². The van der Waals surface area contributed by atoms with Crippen molar-refractivity contribution < 1.29 is 18.1 Å². The minimum Gasteiger partial charge on any atom is -0.369 e. The Labute approximate surface area is 265 Å². The average molecular weight is 647 g/mol. The number of aromatic nitrogens is 6. The molecule has 1 aromatic carbocycles. The summed E-state index contributed by atoms with van der Waals surface area (Å²) in [6.45, 7) is -1.06. The second-order valence-electron chi connectivity index (χ2n) is 9.91. The Morgan fingerprint density at radius 2 is 1.43 bits per heavy atom. The molecule has 0 bridgehead atoms. The van der Waals surface area contributed by atoms with Crippen molar-refractivity contribution in [2.75, 3.05) is 50.4 Å². The fraction of sp³-hybridized carbons (Fsp3) is 0.379. The molecule has 13 nitrogen and oxygen atoms in total. The summed E-state index contributed by atoms with van der Waals surface area (Å²) in [5.41, 5.74) is 1.40. The number of nitrogens with zero attached hydrogens (tertiary/aromatic N) is 8. The lowest BCUT2D eigenvalue weighted by Gasteiger charge is -2.36. The van der Waals surface area contributed by atoms with Crippen LogP contribution in [-0.4, -0.2) is 87.2 Å². The van der Waals surface area contributed by atoms with E-state index in [1.54, 1.807) is 42.7 Å². The van der Waals surface area contributed by atoms with Crippen LogP contribution in [0.15, 0.2) is 82.6 Å². The van der Waals surface area contributed by atoms with Gasteiger partial charge in [0.05, 0.1) is 15.6 Å². The molecule has 234 valence electrons. The first kappa shape index (κ1) is 26.4. The van der Waals surface area contributed by atoms with Gasteiger partial charge in [0.1, 0.15) is 0 Å². The highest BCUT2D eigenvalue weighted by molar-refractivity contribution is 7.85. The zero-order valence-electron chi connectivity index (χ0n) is 28.0. The Kier molecular flexibility index (Phi) is 8.53. The molecule has 0 N–H and O–H groups in total. The van der Waals surface area contributed by atoms with E-state index in [2.05, 4.69) is 19.3 Å². The van der Waals surface area contributed by atoms with Gasteiger partial charge in [-0.1, -0.05) is 29.8 Å². The van der Waals surface area contributed by atoms with E-state index < -0.39 is 28.9 Å². The van der Waals surface area contributed by atoms with E-state index in [-0.39, 0.29) is 31.6 Å². The Balaban J connectivity index is 0.000000199. The van der Waals surface area contributed by atoms with Gasteiger partial charge in [-0.15, -0.1) is 10.2 Å². The van der Waals surface area contributed by atoms with Crippen LogP contribution in [0.2, 0.25) is 5.02 Å². The first-order valence-electron chi connectivity index (χ1n) is 15.9. The molecule has 0 radical (unpaired) electrons. The number of hydrogen-bond acceptors (Lipinski definition) is 9. The second-order valence-corrected chi connectivity index (χ2v) is 11.9. The minimum absolute atomic E-state index is 0.0942. The average Bonchev–Trinajstić information content (AvgIpc) is 3.54. The summed E-state index contributed by atoms with van der Waals surface area (Å²) in [6, 6.07) is 18.1. The first-order valence-corrected chi connectivity index (χ1v) is 16.1. The van der Waals surface area contributed by atoms with Crippen LogP contribution in [0.5, 0.6) is 0 Å². The summed E-state index contributed by atoms with van der Waals surface area (Å²) in [7, 11) is -3.91. The smallest absolute Gasteiger partial charge is 0.350 e. The molecule has 0 amide bonds. The molecule has 15 heteroatoms. The second kappa shape index (κ2) is 14.2. The van der Waals surface area contributed by atoms with Crippen molar-refractivity contribution in [2.24, 2.45) is 0 Å². The first-order chi connectivity index (χ1) is 22.6. The molecule has 5 heterocycles. The van der Waals surface area contributed by atoms with Crippen LogP contribution in [0.4, 0.5) is 5.69 Å². The van der Waals surface area contributed by atoms with Crippen LogP contribution in [0.1, 0.15) is 18.3 Å². The van der Waals surface area contributed by atoms with Crippen molar-refractivity contribution in [2.45, 2.75) is 25.9 Å². The molecule has 44 heavy (non-hydrogen) atoms. The van der Waals surface area contributed by atoms with E-state index in [0.717, 1.165) is 29.7 Å². The summed E-state index contributed by atoms with van der Waals surface area (Å²) in [5.74, 6) is 0. The highest BCUT2D eigenvalue weighted by atomic mass is 35.5. The van der Waals surface area contributed by atoms with E-state index in [1.807, 2.05) is 35.2 Å². The van der Waals surface area contributed by atoms with Gasteiger partial charge in [0, 0.05) is 71.6 Å². The maximum Gasteiger partial charge on any atom is 0.350 e. The predicted molar refractivity (Wildman–Crippen MR) is 169 cm³/mol. The van der Waals surface area contributed by atoms with Crippen molar-refractivity contribution in [1.29, 1.82) is 0 Å². The van der Waals surface area contributed by atoms with Crippen molar-refractivity contribution in [1.82, 2.24) is 33.3 Å². The molecular weight excluding hydrogens is 608 g/mol. The summed E-state index contributed by atoms with van der Waals surface area (Å²) in [5, 5.41) is 8.99. The fourth-order valence-electron chi connectivity index (χ4n) is 4.64. The monoisotopic (exact) mass is 646 g/mol. The van der Waals surface area contributed by atoms with Gasteiger partial charge in [-0.3, -0.25) is 17.9 Å². The number of benzene rings is 1. The minimum atomic E-state index is -3.91. The molecule has 0 aliphatic carbocycles. The lowest BCUT2D eigenvalue weighted by Crippen LogP contribution is -2.46. The number of halogens is 1. The highest BCUT2D eigenvalue weighted by Crippen LogP contribution is 2.20. The van der Waals surface area contributed by atoms with Crippen molar-refractivity contribution >= 4 is 38.7 Å². The number of pyridine rings is 2. The van der Waals surface area contributed by atoms with Gasteiger partial charge in [-0.05, 0) is 55.3 Å². The van der Waals surface area contributed by atoms with Gasteiger partial charge >= 0.3 is 11.4 Å². The highest BCUT2D eigenvalue weighted by Gasteiger charge is 2.17. The molecule has 0 spiro atoms. The van der Waals surface area contributed by atoms with Gasteiger partial charge in [0.15, 0.2) is 11.3 Å². The molecule has 0 unspecified atom stereocenters. The van der Waals surface area contributed by atoms with Crippen molar-refractivity contribution in [3.05, 3.63) is 99.0 Å². The quantitative estimate of drug-likeness (QED) is 0.210. The van der Waals surface area contributed by atoms with Crippen LogP contribution in [0, 0.1) is 0 Å². The Hall–Kier alpha value is -3.98. The molecule has 0 saturated carbocycles. The lowest BCUT2D eigenvalue weighted by atomic mass is 10.2. The normalized spacial score (nSPS) is 16.2. The van der Waals surface area contributed by atoms with Gasteiger partial charge in [-0.2, -0.15) is 8.42 Å². The number of aryl methyl sites for hydroxylation is 2. The molecule has 1 fully saturated rings. The molecule has 4 aromatic heterocycles. The number of piperazine rings is 1. The Morgan fingerprint density at radius 1 is 0.841 bits per heavy atom. The molecular formula is C29H35ClN8O5S. The third-order valence-corrected chi connectivity index (χ3v) is 7.38. The Morgan fingerprint density at radius 3 is 1.98 bits per heavy atom. The number of hydrogen-bond donors (Lipinski definition) is 0. The largest absolute Gasteiger partial charge is 0.369 e. The van der Waals surface area contributed by atoms with Crippen molar-refractivity contribution in [3.8, 4) is 0 Å². The fourth-order valence-corrected chi connectivity index (χ4v) is 5.12. The van der Waals surface area contributed by atoms with Crippen LogP contribution in [-0.2, 0) is 27.4 Å². The van der Waals surface area contributed by atoms with E-state index in [0.29, 0.717) is 29.4 Å². The molecule has 0 atom stereocenters. The zero-order valence-corrected chi connectivity index (χ0v) is 25.6. The predicted octanol–water partition coefficient (Wildman–Crippen LogP) is 2.22. The van der Waals surface area contributed by atoms with Crippen molar-refractivity contribution in [3.63, 3.8) is 0 Å². The SMILES string of the molecule is [2H]C([2H])(CCn1nc2ccccn2c1=O)N1CCN(c2cccc(Cl)c2)CC1.[2H]C([2H])(CCn1nc2ccccn2c1=O)OS(C)(=O)=O. The standard InChI is InChI=1S/C19H22ClN5O.C10H13N3O4S/c20-16-5-3-6-17(15-16)23-13-11-22(12-14-23)8-4-10-25-19(26)24-9-2-1-7-18(24)21-25;1-18(15,16)17-8-4-7-13-10(14)12-6-3-2-5-9(12)11-13/h1-3,5-7,9,15H,4,8,10-14H2;2-3,5-6H,4,7-8H2,1H3/i2*8D2. The summed E-state index contributed by atoms with van der Waals surface area (Å²) < 4.78 is 63.2. The molecule has 5 aromatic rings. The summed E-state index contributed by atoms with van der Waals surface area (Å²) >= 11 is 6.07. The zero-order chi connectivity index (χ0) is 34.7. The molecule has 1 saturated heterocycles. The third kappa shape index (κ3) is 8.14. The van der Waals surface area contributed by atoms with Crippen LogP contribution in [0.3, 0.4) is 0 Å². The number of fused-ring (bicyclic) bond motifs is 2. The van der Waals surface area contributed by atoms with E-state index in [9.17, 15) is 18.0 Å². The topological polar surface area (TPSA) is 128 Å². The molecule has 6 rings (SSSR count). The summed E-state index contributed by atoms with van der Waals surface area (Å²) in [6.07, 6.45) is 3.87. The number of rotatable bonds is 10. The van der Waals surface area contributed by atoms with Gasteiger partial charge in [0.25, 0.3) is 10.1 Å². The third-order valence-electron chi connectivity index (χ3n) is 6.72. The maximum atomic E-state index is 12.4. The van der Waals surface area contributed by atoms with Crippen LogP contribution in [0.25, 0.3) is 11.3 Å². The Bertz CT molecular complexity index is 2110. The van der Waals surface area contributed by atoms with Crippen LogP contribution < -0.4 is 16.3 Å². The van der Waals surface area contributed by atoms with Gasteiger partial charge in [0.2, 0.25) is 0 Å². The van der Waals surface area contributed by atoms with E-state index in [4.69, 9.17) is 17.1 Å². The lowest BCUT2D eigenvalue weighted by molar-refractivity contribution is 0.248. The van der Waals surface area contributed by atoms with Crippen LogP contribution >= 0.6 is 11.6 Å². The van der Waals surface area contributed by atoms with Gasteiger partial charge in [-0.25, -0.2) is 19.0 Å². The maximum absolute atomic E-state index is 12.4. The molecule has 1 aliphatic rings. The summed E-state index contributed by atoms with van der Waals surface area (Å²) in [4.78, 5) is 28.3. The molecule has 1 aliphatic heterocycles.